The van der Waals surface area contributed by atoms with E-state index < -0.39 is 18.0 Å². The molecule has 3 aromatic carbocycles. The van der Waals surface area contributed by atoms with E-state index in [0.29, 0.717) is 51.5 Å². The summed E-state index contributed by atoms with van der Waals surface area (Å²) in [6, 6.07) is 14.8. The van der Waals surface area contributed by atoms with Crippen LogP contribution in [0.15, 0.2) is 59.6 Å². The molecular weight excluding hydrogens is 578 g/mol. The average molecular weight is 598 g/mol. The fraction of sp³-hybridized carbons (Fsp3) is 0.160. The molecule has 1 atom stereocenters. The summed E-state index contributed by atoms with van der Waals surface area (Å²) in [6.07, 6.45) is 0.582. The van der Waals surface area contributed by atoms with Crippen molar-refractivity contribution in [3.8, 4) is 5.75 Å². The maximum absolute atomic E-state index is 13.3. The molecule has 0 bridgehead atoms. The van der Waals surface area contributed by atoms with Gasteiger partial charge in [-0.05, 0) is 42.7 Å². The van der Waals surface area contributed by atoms with Crippen molar-refractivity contribution in [3.63, 3.8) is 0 Å². The molecule has 1 unspecified atom stereocenters. The molecule has 1 heterocycles. The number of fused-ring (bicyclic) bond motifs is 1. The Kier molecular flexibility index (Phi) is 9.23. The number of para-hydroxylation sites is 1. The average Bonchev–Trinajstić information content (AvgIpc) is 2.98. The molecule has 37 heavy (non-hydrogen) atoms. The van der Waals surface area contributed by atoms with Crippen LogP contribution >= 0.6 is 58.4 Å². The molecule has 2 amide bonds. The van der Waals surface area contributed by atoms with Gasteiger partial charge in [0.15, 0.2) is 0 Å². The van der Waals surface area contributed by atoms with Crippen LogP contribution in [0.5, 0.6) is 5.75 Å². The molecule has 0 saturated heterocycles. The van der Waals surface area contributed by atoms with E-state index in [1.54, 1.807) is 36.4 Å². The van der Waals surface area contributed by atoms with Crippen molar-refractivity contribution in [1.82, 2.24) is 10.0 Å². The maximum atomic E-state index is 13.3. The molecule has 192 valence electrons. The summed E-state index contributed by atoms with van der Waals surface area (Å²) in [6.45, 7) is 0.877. The number of nitrogens with one attached hydrogen (secondary N) is 3. The Morgan fingerprint density at radius 3 is 2.51 bits per heavy atom. The van der Waals surface area contributed by atoms with E-state index in [1.807, 2.05) is 6.26 Å². The number of halogens is 4. The number of ether oxygens (including phenoxy) is 1. The molecular formula is C25H20Cl4N4O3S. The van der Waals surface area contributed by atoms with Gasteiger partial charge in [-0.15, -0.1) is 0 Å². The van der Waals surface area contributed by atoms with E-state index in [1.165, 1.54) is 30.1 Å². The first-order chi connectivity index (χ1) is 17.8. The lowest BCUT2D eigenvalue weighted by molar-refractivity contribution is -0.117. The van der Waals surface area contributed by atoms with Crippen LogP contribution in [0.4, 0.5) is 5.69 Å². The van der Waals surface area contributed by atoms with Crippen LogP contribution in [0, 0.1) is 0 Å². The van der Waals surface area contributed by atoms with Crippen molar-refractivity contribution < 1.29 is 14.3 Å². The highest BCUT2D eigenvalue weighted by Gasteiger charge is 2.30. The minimum atomic E-state index is -1.32. The number of benzene rings is 3. The van der Waals surface area contributed by atoms with Gasteiger partial charge in [0.1, 0.15) is 12.4 Å². The molecule has 3 aromatic rings. The van der Waals surface area contributed by atoms with Gasteiger partial charge in [-0.1, -0.05) is 76.6 Å². The molecule has 0 aliphatic carbocycles. The Morgan fingerprint density at radius 1 is 1.05 bits per heavy atom. The SMILES string of the molecule is CSNCCOc1ccc(Cl)cc1C(=O)NC1N=C(c2c(Cl)cc(Cl)cc2Cl)c2ccccc2NC1=O. The molecule has 7 nitrogen and oxygen atoms in total. The van der Waals surface area contributed by atoms with E-state index in [9.17, 15) is 9.59 Å². The lowest BCUT2D eigenvalue weighted by atomic mass is 10.0. The number of nitrogens with zero attached hydrogens (tertiary/aromatic N) is 1. The van der Waals surface area contributed by atoms with Gasteiger partial charge in [0, 0.05) is 27.7 Å². The Hall–Kier alpha value is -2.46. The van der Waals surface area contributed by atoms with Crippen molar-refractivity contribution in [2.45, 2.75) is 6.17 Å². The predicted molar refractivity (Wildman–Crippen MR) is 152 cm³/mol. The minimum Gasteiger partial charge on any atom is -0.491 e. The van der Waals surface area contributed by atoms with Gasteiger partial charge in [0.05, 0.1) is 27.0 Å². The number of carbonyl (C=O) groups is 2. The van der Waals surface area contributed by atoms with Gasteiger partial charge >= 0.3 is 0 Å². The van der Waals surface area contributed by atoms with Crippen molar-refractivity contribution >= 4 is 81.6 Å². The number of hydrogen-bond donors (Lipinski definition) is 3. The van der Waals surface area contributed by atoms with Gasteiger partial charge in [-0.2, -0.15) is 0 Å². The number of rotatable bonds is 8. The molecule has 0 fully saturated rings. The van der Waals surface area contributed by atoms with Crippen LogP contribution in [0.3, 0.4) is 0 Å². The predicted octanol–water partition coefficient (Wildman–Crippen LogP) is 6.09. The van der Waals surface area contributed by atoms with Crippen LogP contribution < -0.4 is 20.1 Å². The largest absolute Gasteiger partial charge is 0.491 e. The third-order valence-corrected chi connectivity index (χ3v) is 6.79. The maximum Gasteiger partial charge on any atom is 0.269 e. The van der Waals surface area contributed by atoms with E-state index >= 15 is 0 Å². The van der Waals surface area contributed by atoms with E-state index in [4.69, 9.17) is 51.1 Å². The van der Waals surface area contributed by atoms with Crippen LogP contribution in [-0.2, 0) is 4.79 Å². The second-order valence-corrected chi connectivity index (χ2v) is 10.1. The van der Waals surface area contributed by atoms with Gasteiger partial charge in [0.25, 0.3) is 11.8 Å². The molecule has 4 rings (SSSR count). The van der Waals surface area contributed by atoms with Crippen molar-refractivity contribution in [3.05, 3.63) is 91.4 Å². The van der Waals surface area contributed by atoms with Crippen LogP contribution in [0.25, 0.3) is 0 Å². The Morgan fingerprint density at radius 2 is 1.78 bits per heavy atom. The number of aliphatic imine (C=N–C) groups is 1. The van der Waals surface area contributed by atoms with Gasteiger partial charge in [0.2, 0.25) is 6.17 Å². The number of anilines is 1. The van der Waals surface area contributed by atoms with Gasteiger partial charge in [-0.3, -0.25) is 14.3 Å². The van der Waals surface area contributed by atoms with E-state index in [2.05, 4.69) is 20.3 Å². The minimum absolute atomic E-state index is 0.158. The summed E-state index contributed by atoms with van der Waals surface area (Å²) >= 11 is 26.7. The highest BCUT2D eigenvalue weighted by molar-refractivity contribution is 7.96. The number of amides is 2. The molecule has 1 aliphatic rings. The molecule has 0 spiro atoms. The standard InChI is InChI=1S/C25H20Cl4N4O3S/c1-37-30-8-9-36-20-7-6-13(26)10-16(20)24(34)33-23-25(35)31-19-5-3-2-4-15(19)22(32-23)21-17(28)11-14(27)12-18(21)29/h2-7,10-12,23,30H,8-9H2,1H3,(H,31,35)(H,33,34). The molecule has 1 aliphatic heterocycles. The molecule has 12 heteroatoms. The van der Waals surface area contributed by atoms with E-state index in [-0.39, 0.29) is 15.6 Å². The second kappa shape index (κ2) is 12.4. The topological polar surface area (TPSA) is 91.8 Å². The third-order valence-electron chi connectivity index (χ3n) is 5.25. The van der Waals surface area contributed by atoms with Crippen LogP contribution in [0.2, 0.25) is 20.1 Å². The van der Waals surface area contributed by atoms with Crippen LogP contribution in [0.1, 0.15) is 21.5 Å². The molecule has 0 saturated carbocycles. The highest BCUT2D eigenvalue weighted by Crippen LogP contribution is 2.34. The zero-order chi connectivity index (χ0) is 26.5. The zero-order valence-electron chi connectivity index (χ0n) is 19.3. The summed E-state index contributed by atoms with van der Waals surface area (Å²) in [4.78, 5) is 31.1. The Labute approximate surface area is 238 Å². The monoisotopic (exact) mass is 596 g/mol. The van der Waals surface area contributed by atoms with Crippen LogP contribution in [-0.4, -0.2) is 43.1 Å². The first-order valence-electron chi connectivity index (χ1n) is 10.9. The number of carbonyl (C=O) groups excluding carboxylic acids is 2. The number of benzodiazepines with no additional fused rings is 1. The normalized spacial score (nSPS) is 14.8. The Bertz CT molecular complexity index is 1360. The first-order valence-corrected chi connectivity index (χ1v) is 13.6. The quantitative estimate of drug-likeness (QED) is 0.216. The summed E-state index contributed by atoms with van der Waals surface area (Å²) in [5.41, 5.74) is 1.91. The summed E-state index contributed by atoms with van der Waals surface area (Å²) in [7, 11) is 0. The smallest absolute Gasteiger partial charge is 0.269 e. The zero-order valence-corrected chi connectivity index (χ0v) is 23.1. The van der Waals surface area contributed by atoms with Gasteiger partial charge in [-0.25, -0.2) is 4.99 Å². The fourth-order valence-corrected chi connectivity index (χ4v) is 5.09. The molecule has 0 aromatic heterocycles. The third kappa shape index (κ3) is 6.52. The second-order valence-electron chi connectivity index (χ2n) is 7.72. The van der Waals surface area contributed by atoms with E-state index in [0.717, 1.165) is 0 Å². The summed E-state index contributed by atoms with van der Waals surface area (Å²) in [5, 5.41) is 6.65. The highest BCUT2D eigenvalue weighted by atomic mass is 35.5. The van der Waals surface area contributed by atoms with Crippen molar-refractivity contribution in [2.24, 2.45) is 4.99 Å². The van der Waals surface area contributed by atoms with Crippen molar-refractivity contribution in [2.75, 3.05) is 24.7 Å². The summed E-state index contributed by atoms with van der Waals surface area (Å²) in [5.74, 6) is -0.835. The van der Waals surface area contributed by atoms with Gasteiger partial charge < -0.3 is 15.4 Å². The first kappa shape index (κ1) is 27.6. The molecule has 3 N–H and O–H groups in total. The summed E-state index contributed by atoms with van der Waals surface area (Å²) < 4.78 is 8.82. The lowest BCUT2D eigenvalue weighted by Gasteiger charge is -2.16. The number of hydrogen-bond acceptors (Lipinski definition) is 6. The van der Waals surface area contributed by atoms with Crippen molar-refractivity contribution in [1.29, 1.82) is 0 Å². The molecule has 0 radical (unpaired) electrons. The lowest BCUT2D eigenvalue weighted by Crippen LogP contribution is -2.42. The Balaban J connectivity index is 1.72. The fourth-order valence-electron chi connectivity index (χ4n) is 3.63.